The molecule has 0 bridgehead atoms. The third-order valence-corrected chi connectivity index (χ3v) is 3.93. The van der Waals surface area contributed by atoms with Crippen molar-refractivity contribution in [1.82, 2.24) is 4.98 Å². The fourth-order valence-corrected chi connectivity index (χ4v) is 3.28. The molecule has 2 heterocycles. The highest BCUT2D eigenvalue weighted by atomic mass is 32.1. The van der Waals surface area contributed by atoms with E-state index in [4.69, 9.17) is 5.73 Å². The highest BCUT2D eigenvalue weighted by Gasteiger charge is 2.15. The molecule has 2 N–H and O–H groups in total. The molecule has 0 aliphatic rings. The summed E-state index contributed by atoms with van der Waals surface area (Å²) in [5.41, 5.74) is 9.52. The number of hydrogen-bond donors (Lipinski definition) is 1. The summed E-state index contributed by atoms with van der Waals surface area (Å²) < 4.78 is 0. The van der Waals surface area contributed by atoms with Crippen molar-refractivity contribution in [3.63, 3.8) is 0 Å². The second kappa shape index (κ2) is 4.88. The lowest BCUT2D eigenvalue weighted by Crippen LogP contribution is -1.93. The summed E-state index contributed by atoms with van der Waals surface area (Å²) in [7, 11) is 0. The minimum absolute atomic E-state index is 0.656. The maximum Gasteiger partial charge on any atom is 0.0957 e. The van der Waals surface area contributed by atoms with E-state index >= 15 is 0 Å². The standard InChI is InChI=1S/C14H18N2S/c1-9(2)8-12-10(3)13(14(15)17-12)11-6-4-5-7-16-11/h4-7,9H,8,15H2,1-3H3. The van der Waals surface area contributed by atoms with Gasteiger partial charge < -0.3 is 5.73 Å². The number of thiophene rings is 1. The summed E-state index contributed by atoms with van der Waals surface area (Å²) in [6, 6.07) is 5.95. The van der Waals surface area contributed by atoms with E-state index in [-0.39, 0.29) is 0 Å². The first-order valence-corrected chi connectivity index (χ1v) is 6.70. The summed E-state index contributed by atoms with van der Waals surface area (Å²) in [4.78, 5) is 5.78. The highest BCUT2D eigenvalue weighted by molar-refractivity contribution is 7.16. The van der Waals surface area contributed by atoms with Crippen LogP contribution < -0.4 is 5.73 Å². The Kier molecular flexibility index (Phi) is 3.48. The van der Waals surface area contributed by atoms with E-state index in [0.717, 1.165) is 22.7 Å². The molecule has 2 nitrogen and oxygen atoms in total. The molecule has 17 heavy (non-hydrogen) atoms. The Morgan fingerprint density at radius 3 is 2.71 bits per heavy atom. The van der Waals surface area contributed by atoms with E-state index in [0.29, 0.717) is 5.92 Å². The normalized spacial score (nSPS) is 11.1. The van der Waals surface area contributed by atoms with Gasteiger partial charge >= 0.3 is 0 Å². The fraction of sp³-hybridized carbons (Fsp3) is 0.357. The van der Waals surface area contributed by atoms with Crippen molar-refractivity contribution in [1.29, 1.82) is 0 Å². The van der Waals surface area contributed by atoms with Gasteiger partial charge in [-0.25, -0.2) is 0 Å². The lowest BCUT2D eigenvalue weighted by molar-refractivity contribution is 0.652. The lowest BCUT2D eigenvalue weighted by atomic mass is 10.0. The monoisotopic (exact) mass is 246 g/mol. The summed E-state index contributed by atoms with van der Waals surface area (Å²) in [6.07, 6.45) is 2.90. The van der Waals surface area contributed by atoms with Crippen LogP contribution in [0.4, 0.5) is 5.00 Å². The smallest absolute Gasteiger partial charge is 0.0957 e. The minimum atomic E-state index is 0.656. The fourth-order valence-electron chi connectivity index (χ4n) is 1.98. The van der Waals surface area contributed by atoms with Gasteiger partial charge in [-0.1, -0.05) is 19.9 Å². The largest absolute Gasteiger partial charge is 0.390 e. The van der Waals surface area contributed by atoms with Gasteiger partial charge in [0, 0.05) is 16.6 Å². The maximum atomic E-state index is 6.13. The van der Waals surface area contributed by atoms with Crippen molar-refractivity contribution in [2.45, 2.75) is 27.2 Å². The number of nitrogen functional groups attached to an aromatic ring is 1. The van der Waals surface area contributed by atoms with Gasteiger partial charge in [-0.2, -0.15) is 0 Å². The summed E-state index contributed by atoms with van der Waals surface area (Å²) >= 11 is 1.70. The van der Waals surface area contributed by atoms with Crippen molar-refractivity contribution in [2.75, 3.05) is 5.73 Å². The SMILES string of the molecule is Cc1c(CC(C)C)sc(N)c1-c1ccccn1. The van der Waals surface area contributed by atoms with Gasteiger partial charge in [0.15, 0.2) is 0 Å². The van der Waals surface area contributed by atoms with Crippen molar-refractivity contribution in [3.8, 4) is 11.3 Å². The van der Waals surface area contributed by atoms with E-state index in [2.05, 4.69) is 25.8 Å². The van der Waals surface area contributed by atoms with Crippen molar-refractivity contribution >= 4 is 16.3 Å². The molecule has 0 saturated carbocycles. The first-order chi connectivity index (χ1) is 8.09. The summed E-state index contributed by atoms with van der Waals surface area (Å²) in [6.45, 7) is 6.61. The van der Waals surface area contributed by atoms with Crippen LogP contribution in [0.2, 0.25) is 0 Å². The molecule has 0 radical (unpaired) electrons. The Morgan fingerprint density at radius 2 is 2.12 bits per heavy atom. The van der Waals surface area contributed by atoms with E-state index in [1.54, 1.807) is 11.3 Å². The predicted octanol–water partition coefficient (Wildman–Crippen LogP) is 3.90. The number of nitrogens with zero attached hydrogens (tertiary/aromatic N) is 1. The molecular weight excluding hydrogens is 228 g/mol. The van der Waals surface area contributed by atoms with Gasteiger partial charge in [0.25, 0.3) is 0 Å². The molecule has 90 valence electrons. The zero-order valence-corrected chi connectivity index (χ0v) is 11.3. The first kappa shape index (κ1) is 12.1. The molecule has 2 aromatic heterocycles. The van der Waals surface area contributed by atoms with E-state index in [1.807, 2.05) is 24.4 Å². The third kappa shape index (κ3) is 2.50. The van der Waals surface area contributed by atoms with E-state index < -0.39 is 0 Å². The maximum absolute atomic E-state index is 6.13. The number of rotatable bonds is 3. The summed E-state index contributed by atoms with van der Waals surface area (Å²) in [5.74, 6) is 0.656. The molecule has 0 aliphatic heterocycles. The highest BCUT2D eigenvalue weighted by Crippen LogP contribution is 2.38. The van der Waals surface area contributed by atoms with Crippen LogP contribution >= 0.6 is 11.3 Å². The van der Waals surface area contributed by atoms with Crippen LogP contribution in [0.25, 0.3) is 11.3 Å². The molecule has 0 aliphatic carbocycles. The lowest BCUT2D eigenvalue weighted by Gasteiger charge is -2.04. The molecule has 2 aromatic rings. The van der Waals surface area contributed by atoms with Crippen LogP contribution in [0, 0.1) is 12.8 Å². The van der Waals surface area contributed by atoms with Crippen LogP contribution in [0.15, 0.2) is 24.4 Å². The van der Waals surface area contributed by atoms with Gasteiger partial charge in [0.2, 0.25) is 0 Å². The van der Waals surface area contributed by atoms with Gasteiger partial charge in [-0.05, 0) is 37.0 Å². The van der Waals surface area contributed by atoms with Crippen LogP contribution in [0.3, 0.4) is 0 Å². The Hall–Kier alpha value is -1.35. The van der Waals surface area contributed by atoms with Gasteiger partial charge in [0.05, 0.1) is 10.7 Å². The molecule has 2 rings (SSSR count). The topological polar surface area (TPSA) is 38.9 Å². The van der Waals surface area contributed by atoms with Gasteiger partial charge in [-0.3, -0.25) is 4.98 Å². The minimum Gasteiger partial charge on any atom is -0.390 e. The van der Waals surface area contributed by atoms with Gasteiger partial charge in [0.1, 0.15) is 0 Å². The molecular formula is C14H18N2S. The first-order valence-electron chi connectivity index (χ1n) is 5.88. The Balaban J connectivity index is 2.45. The average molecular weight is 246 g/mol. The van der Waals surface area contributed by atoms with Gasteiger partial charge in [-0.15, -0.1) is 11.3 Å². The molecule has 0 amide bonds. The zero-order valence-electron chi connectivity index (χ0n) is 10.5. The van der Waals surface area contributed by atoms with Crippen molar-refractivity contribution < 1.29 is 0 Å². The second-order valence-corrected chi connectivity index (χ2v) is 5.84. The third-order valence-electron chi connectivity index (χ3n) is 2.79. The number of anilines is 1. The molecule has 0 spiro atoms. The predicted molar refractivity (Wildman–Crippen MR) is 75.2 cm³/mol. The average Bonchev–Trinajstić information content (AvgIpc) is 2.54. The molecule has 0 unspecified atom stereocenters. The molecule has 0 fully saturated rings. The quantitative estimate of drug-likeness (QED) is 0.892. The molecule has 0 atom stereocenters. The molecule has 0 aromatic carbocycles. The number of hydrogen-bond acceptors (Lipinski definition) is 3. The van der Waals surface area contributed by atoms with Crippen molar-refractivity contribution in [3.05, 3.63) is 34.8 Å². The Bertz CT molecular complexity index is 500. The van der Waals surface area contributed by atoms with Crippen LogP contribution in [0.5, 0.6) is 0 Å². The van der Waals surface area contributed by atoms with Crippen LogP contribution in [-0.2, 0) is 6.42 Å². The Morgan fingerprint density at radius 1 is 1.35 bits per heavy atom. The number of aromatic nitrogens is 1. The summed E-state index contributed by atoms with van der Waals surface area (Å²) in [5, 5.41) is 0.886. The molecule has 3 heteroatoms. The van der Waals surface area contributed by atoms with Crippen LogP contribution in [-0.4, -0.2) is 4.98 Å². The Labute approximate surface area is 107 Å². The van der Waals surface area contributed by atoms with E-state index in [9.17, 15) is 0 Å². The number of nitrogens with two attached hydrogens (primary N) is 1. The second-order valence-electron chi connectivity index (χ2n) is 4.70. The van der Waals surface area contributed by atoms with Crippen LogP contribution in [0.1, 0.15) is 24.3 Å². The van der Waals surface area contributed by atoms with E-state index in [1.165, 1.54) is 10.4 Å². The number of pyridine rings is 1. The zero-order chi connectivity index (χ0) is 12.4. The molecule has 0 saturated heterocycles. The van der Waals surface area contributed by atoms with Crippen molar-refractivity contribution in [2.24, 2.45) is 5.92 Å².